The molecule has 0 aromatic heterocycles. The second-order valence-corrected chi connectivity index (χ2v) is 5.51. The van der Waals surface area contributed by atoms with Crippen LogP contribution in [0.4, 0.5) is 0 Å². The van der Waals surface area contributed by atoms with Gasteiger partial charge in [-0.05, 0) is 12.1 Å². The summed E-state index contributed by atoms with van der Waals surface area (Å²) in [7, 11) is 0. The minimum absolute atomic E-state index is 0.165. The number of hydrogen-bond acceptors (Lipinski definition) is 1. The first-order chi connectivity index (χ1) is 8.56. The molecule has 1 fully saturated rings. The number of halogens is 2. The van der Waals surface area contributed by atoms with Crippen LogP contribution in [0.1, 0.15) is 12.5 Å². The molecule has 0 unspecified atom stereocenters. The molecule has 1 aliphatic rings. The number of benzene rings is 1. The zero-order chi connectivity index (χ0) is 13.1. The molecular formula is C13H17Cl2N2O+. The van der Waals surface area contributed by atoms with Crippen LogP contribution in [-0.4, -0.2) is 37.0 Å². The molecule has 2 rings (SSSR count). The van der Waals surface area contributed by atoms with E-state index in [-0.39, 0.29) is 5.91 Å². The maximum Gasteiger partial charge on any atom is 0.219 e. The lowest BCUT2D eigenvalue weighted by Gasteiger charge is -2.31. The topological polar surface area (TPSA) is 24.8 Å². The summed E-state index contributed by atoms with van der Waals surface area (Å²) < 4.78 is 0. The summed E-state index contributed by atoms with van der Waals surface area (Å²) in [4.78, 5) is 14.6. The SMILES string of the molecule is CC(=O)N1CC[NH+](Cc2ccc(Cl)cc2Cl)CC1. The molecule has 1 aromatic carbocycles. The summed E-state index contributed by atoms with van der Waals surface area (Å²) in [6.07, 6.45) is 0. The average Bonchev–Trinajstić information content (AvgIpc) is 2.33. The number of carbonyl (C=O) groups excluding carboxylic acids is 1. The third-order valence-corrected chi connectivity index (χ3v) is 3.96. The van der Waals surface area contributed by atoms with Gasteiger partial charge in [0.25, 0.3) is 0 Å². The first-order valence-corrected chi connectivity index (χ1v) is 6.85. The maximum atomic E-state index is 11.2. The van der Waals surface area contributed by atoms with Gasteiger partial charge in [-0.15, -0.1) is 0 Å². The Bertz CT molecular complexity index is 443. The Labute approximate surface area is 117 Å². The molecule has 0 radical (unpaired) electrons. The van der Waals surface area contributed by atoms with Crippen LogP contribution in [-0.2, 0) is 11.3 Å². The molecule has 18 heavy (non-hydrogen) atoms. The summed E-state index contributed by atoms with van der Waals surface area (Å²) in [5, 5.41) is 1.39. The summed E-state index contributed by atoms with van der Waals surface area (Å²) in [5.41, 5.74) is 1.12. The molecule has 0 saturated carbocycles. The fourth-order valence-corrected chi connectivity index (χ4v) is 2.72. The van der Waals surface area contributed by atoms with Gasteiger partial charge in [0.15, 0.2) is 0 Å². The highest BCUT2D eigenvalue weighted by Gasteiger charge is 2.22. The van der Waals surface area contributed by atoms with Gasteiger partial charge in [0.2, 0.25) is 5.91 Å². The van der Waals surface area contributed by atoms with Crippen LogP contribution in [0.25, 0.3) is 0 Å². The fourth-order valence-electron chi connectivity index (χ4n) is 2.25. The van der Waals surface area contributed by atoms with Gasteiger partial charge < -0.3 is 9.80 Å². The first-order valence-electron chi connectivity index (χ1n) is 6.09. The Hall–Kier alpha value is -0.770. The molecular weight excluding hydrogens is 271 g/mol. The third-order valence-electron chi connectivity index (χ3n) is 3.37. The summed E-state index contributed by atoms with van der Waals surface area (Å²) in [6.45, 7) is 6.12. The number of amides is 1. The van der Waals surface area contributed by atoms with Crippen LogP contribution < -0.4 is 4.90 Å². The van der Waals surface area contributed by atoms with E-state index in [2.05, 4.69) is 0 Å². The van der Waals surface area contributed by atoms with Crippen molar-refractivity contribution in [2.45, 2.75) is 13.5 Å². The smallest absolute Gasteiger partial charge is 0.219 e. The van der Waals surface area contributed by atoms with Crippen molar-refractivity contribution in [3.63, 3.8) is 0 Å². The molecule has 1 aromatic rings. The van der Waals surface area contributed by atoms with Crippen molar-refractivity contribution in [1.82, 2.24) is 4.90 Å². The highest BCUT2D eigenvalue weighted by atomic mass is 35.5. The molecule has 0 spiro atoms. The Morgan fingerprint density at radius 1 is 1.33 bits per heavy atom. The van der Waals surface area contributed by atoms with Crippen molar-refractivity contribution in [1.29, 1.82) is 0 Å². The van der Waals surface area contributed by atoms with Gasteiger partial charge in [0.05, 0.1) is 31.2 Å². The molecule has 1 heterocycles. The van der Waals surface area contributed by atoms with E-state index in [0.717, 1.165) is 43.3 Å². The standard InChI is InChI=1S/C13H16Cl2N2O/c1-10(18)17-6-4-16(5-7-17)9-11-2-3-12(14)8-13(11)15/h2-3,8H,4-7,9H2,1H3/p+1. The van der Waals surface area contributed by atoms with Crippen LogP contribution in [0.15, 0.2) is 18.2 Å². The highest BCUT2D eigenvalue weighted by molar-refractivity contribution is 6.35. The van der Waals surface area contributed by atoms with E-state index in [0.29, 0.717) is 5.02 Å². The van der Waals surface area contributed by atoms with E-state index in [1.54, 1.807) is 13.0 Å². The molecule has 1 saturated heterocycles. The zero-order valence-corrected chi connectivity index (χ0v) is 11.9. The second-order valence-electron chi connectivity index (χ2n) is 4.67. The van der Waals surface area contributed by atoms with Gasteiger partial charge in [-0.25, -0.2) is 0 Å². The molecule has 98 valence electrons. The lowest BCUT2D eigenvalue weighted by molar-refractivity contribution is -0.917. The Morgan fingerprint density at radius 2 is 2.00 bits per heavy atom. The molecule has 5 heteroatoms. The number of nitrogens with zero attached hydrogens (tertiary/aromatic N) is 1. The predicted molar refractivity (Wildman–Crippen MR) is 73.1 cm³/mol. The maximum absolute atomic E-state index is 11.2. The van der Waals surface area contributed by atoms with Crippen molar-refractivity contribution < 1.29 is 9.69 Å². The Kier molecular flexibility index (Phi) is 4.49. The number of carbonyl (C=O) groups is 1. The molecule has 0 atom stereocenters. The molecule has 0 aliphatic carbocycles. The number of piperazine rings is 1. The summed E-state index contributed by atoms with van der Waals surface area (Å²) in [5.74, 6) is 0.165. The average molecular weight is 288 g/mol. The van der Waals surface area contributed by atoms with Crippen molar-refractivity contribution in [2.75, 3.05) is 26.2 Å². The van der Waals surface area contributed by atoms with Gasteiger partial charge in [0.1, 0.15) is 6.54 Å². The minimum Gasteiger partial charge on any atom is -0.332 e. The van der Waals surface area contributed by atoms with Gasteiger partial charge in [0, 0.05) is 17.5 Å². The number of hydrogen-bond donors (Lipinski definition) is 1. The van der Waals surface area contributed by atoms with Crippen molar-refractivity contribution in [2.24, 2.45) is 0 Å². The van der Waals surface area contributed by atoms with E-state index in [1.807, 2.05) is 17.0 Å². The molecule has 0 bridgehead atoms. The number of quaternary nitrogens is 1. The number of nitrogens with one attached hydrogen (secondary N) is 1. The molecule has 1 N–H and O–H groups in total. The summed E-state index contributed by atoms with van der Waals surface area (Å²) >= 11 is 12.0. The normalized spacial score (nSPS) is 16.9. The molecule has 1 amide bonds. The Morgan fingerprint density at radius 3 is 2.56 bits per heavy atom. The van der Waals surface area contributed by atoms with Crippen LogP contribution in [0, 0.1) is 0 Å². The van der Waals surface area contributed by atoms with Gasteiger partial charge >= 0.3 is 0 Å². The van der Waals surface area contributed by atoms with Crippen LogP contribution in [0.5, 0.6) is 0 Å². The molecule has 3 nitrogen and oxygen atoms in total. The van der Waals surface area contributed by atoms with Crippen molar-refractivity contribution in [3.05, 3.63) is 33.8 Å². The lowest BCUT2D eigenvalue weighted by atomic mass is 10.2. The van der Waals surface area contributed by atoms with Gasteiger partial charge in [-0.1, -0.05) is 29.3 Å². The monoisotopic (exact) mass is 287 g/mol. The van der Waals surface area contributed by atoms with E-state index >= 15 is 0 Å². The minimum atomic E-state index is 0.165. The first kappa shape index (κ1) is 13.7. The third kappa shape index (κ3) is 3.37. The quantitative estimate of drug-likeness (QED) is 0.870. The largest absolute Gasteiger partial charge is 0.332 e. The van der Waals surface area contributed by atoms with Gasteiger partial charge in [-0.3, -0.25) is 4.79 Å². The van der Waals surface area contributed by atoms with E-state index < -0.39 is 0 Å². The van der Waals surface area contributed by atoms with Crippen molar-refractivity contribution in [3.8, 4) is 0 Å². The predicted octanol–water partition coefficient (Wildman–Crippen LogP) is 1.24. The van der Waals surface area contributed by atoms with E-state index in [1.165, 1.54) is 4.90 Å². The van der Waals surface area contributed by atoms with E-state index in [4.69, 9.17) is 23.2 Å². The van der Waals surface area contributed by atoms with Crippen LogP contribution >= 0.6 is 23.2 Å². The lowest BCUT2D eigenvalue weighted by Crippen LogP contribution is -3.13. The Balaban J connectivity index is 1.93. The van der Waals surface area contributed by atoms with Crippen LogP contribution in [0.3, 0.4) is 0 Å². The summed E-state index contributed by atoms with van der Waals surface area (Å²) in [6, 6.07) is 5.63. The fraction of sp³-hybridized carbons (Fsp3) is 0.462. The van der Waals surface area contributed by atoms with E-state index in [9.17, 15) is 4.79 Å². The van der Waals surface area contributed by atoms with Crippen LogP contribution in [0.2, 0.25) is 10.0 Å². The second kappa shape index (κ2) is 5.91. The molecule has 1 aliphatic heterocycles. The number of rotatable bonds is 2. The van der Waals surface area contributed by atoms with Gasteiger partial charge in [-0.2, -0.15) is 0 Å². The highest BCUT2D eigenvalue weighted by Crippen LogP contribution is 2.20. The van der Waals surface area contributed by atoms with Crippen molar-refractivity contribution >= 4 is 29.1 Å². The zero-order valence-electron chi connectivity index (χ0n) is 10.4.